The Morgan fingerprint density at radius 1 is 0.926 bits per heavy atom. The average molecular weight is 373 g/mol. The van der Waals surface area contributed by atoms with Crippen LogP contribution in [0.3, 0.4) is 0 Å². The van der Waals surface area contributed by atoms with Crippen LogP contribution in [0.2, 0.25) is 19.6 Å². The summed E-state index contributed by atoms with van der Waals surface area (Å²) in [4.78, 5) is 0. The minimum absolute atomic E-state index is 0.954. The summed E-state index contributed by atoms with van der Waals surface area (Å²) in [6.45, 7) is 9.38. The lowest BCUT2D eigenvalue weighted by Crippen LogP contribution is -2.37. The molecule has 27 heavy (non-hydrogen) atoms. The zero-order valence-electron chi connectivity index (χ0n) is 16.8. The molecule has 4 rings (SSSR count). The Kier molecular flexibility index (Phi) is 4.69. The molecule has 2 heteroatoms. The Morgan fingerprint density at radius 2 is 1.70 bits per heavy atom. The summed E-state index contributed by atoms with van der Waals surface area (Å²) < 4.78 is 6.07. The number of aryl methyl sites for hydroxylation is 1. The van der Waals surface area contributed by atoms with E-state index in [1.54, 1.807) is 0 Å². The summed E-state index contributed by atoms with van der Waals surface area (Å²) in [5.74, 6) is 2.11. The molecule has 138 valence electrons. The summed E-state index contributed by atoms with van der Waals surface area (Å²) >= 11 is 0. The van der Waals surface area contributed by atoms with Crippen molar-refractivity contribution in [3.05, 3.63) is 77.2 Å². The molecule has 0 fully saturated rings. The molecule has 0 bridgehead atoms. The number of furan rings is 1. The van der Waals surface area contributed by atoms with Gasteiger partial charge in [0.1, 0.15) is 11.5 Å². The number of allylic oxidation sites excluding steroid dienone is 1. The molecule has 0 spiro atoms. The van der Waals surface area contributed by atoms with Crippen LogP contribution < -0.4 is 5.19 Å². The first-order chi connectivity index (χ1) is 13.0. The molecule has 1 aliphatic rings. The smallest absolute Gasteiger partial charge is 0.130 e. The quantitative estimate of drug-likeness (QED) is 0.463. The Balaban J connectivity index is 1.68. The maximum Gasteiger partial charge on any atom is 0.130 e. The van der Waals surface area contributed by atoms with Gasteiger partial charge < -0.3 is 4.42 Å². The van der Waals surface area contributed by atoms with Crippen LogP contribution in [0.25, 0.3) is 22.8 Å². The van der Waals surface area contributed by atoms with E-state index in [1.807, 2.05) is 0 Å². The van der Waals surface area contributed by atoms with Crippen molar-refractivity contribution in [2.24, 2.45) is 0 Å². The highest BCUT2D eigenvalue weighted by Gasteiger charge is 2.20. The van der Waals surface area contributed by atoms with Gasteiger partial charge in [-0.2, -0.15) is 0 Å². The molecule has 0 atom stereocenters. The van der Waals surface area contributed by atoms with E-state index < -0.39 is 8.07 Å². The number of rotatable bonds is 5. The summed E-state index contributed by atoms with van der Waals surface area (Å²) in [6.07, 6.45) is 5.40. The summed E-state index contributed by atoms with van der Waals surface area (Å²) in [6, 6.07) is 20.2. The van der Waals surface area contributed by atoms with Crippen LogP contribution >= 0.6 is 0 Å². The van der Waals surface area contributed by atoms with Crippen LogP contribution in [0, 0.1) is 0 Å². The Morgan fingerprint density at radius 3 is 2.41 bits per heavy atom. The first-order valence-corrected chi connectivity index (χ1v) is 13.5. The fourth-order valence-corrected chi connectivity index (χ4v) is 5.03. The fourth-order valence-electron chi connectivity index (χ4n) is 3.86. The fraction of sp³-hybridized carbons (Fsp3) is 0.280. The largest absolute Gasteiger partial charge is 0.461 e. The van der Waals surface area contributed by atoms with E-state index >= 15 is 0 Å². The standard InChI is InChI=1S/C25H28OSi/c1-5-7-21-12-15-25(26-21)20-16-19-8-6-9-23(24(19)17-20)18-10-13-22(14-11-18)27(2,3)4/h6,8-15,17H,5,7,16H2,1-4H3. The monoisotopic (exact) mass is 372 g/mol. The van der Waals surface area contributed by atoms with Crippen molar-refractivity contribution in [3.63, 3.8) is 0 Å². The van der Waals surface area contributed by atoms with E-state index in [2.05, 4.69) is 87.2 Å². The minimum Gasteiger partial charge on any atom is -0.461 e. The second-order valence-electron chi connectivity index (χ2n) is 8.57. The normalized spacial score (nSPS) is 13.6. The van der Waals surface area contributed by atoms with Gasteiger partial charge in [-0.3, -0.25) is 0 Å². The van der Waals surface area contributed by atoms with Crippen LogP contribution in [0.15, 0.2) is 59.0 Å². The number of fused-ring (bicyclic) bond motifs is 1. The zero-order valence-corrected chi connectivity index (χ0v) is 17.8. The van der Waals surface area contributed by atoms with Gasteiger partial charge in [-0.25, -0.2) is 0 Å². The van der Waals surface area contributed by atoms with Crippen LogP contribution in [0.1, 0.15) is 36.0 Å². The molecule has 0 N–H and O–H groups in total. The summed E-state index contributed by atoms with van der Waals surface area (Å²) in [5, 5.41) is 1.51. The third-order valence-electron chi connectivity index (χ3n) is 5.43. The van der Waals surface area contributed by atoms with Crippen LogP contribution in [-0.2, 0) is 12.8 Å². The van der Waals surface area contributed by atoms with Gasteiger partial charge in [0.2, 0.25) is 0 Å². The van der Waals surface area contributed by atoms with Gasteiger partial charge in [0.05, 0.1) is 8.07 Å². The molecule has 1 nitrogen and oxygen atoms in total. The predicted octanol–water partition coefficient (Wildman–Crippen LogP) is 6.54. The summed E-state index contributed by atoms with van der Waals surface area (Å²) in [5.41, 5.74) is 6.66. The van der Waals surface area contributed by atoms with E-state index in [1.165, 1.54) is 33.0 Å². The lowest BCUT2D eigenvalue weighted by atomic mass is 9.97. The van der Waals surface area contributed by atoms with Gasteiger partial charge in [-0.05, 0) is 52.5 Å². The second kappa shape index (κ2) is 7.01. The number of benzene rings is 2. The molecule has 0 radical (unpaired) electrons. The first-order valence-electron chi connectivity index (χ1n) is 9.98. The molecule has 1 heterocycles. The lowest BCUT2D eigenvalue weighted by molar-refractivity contribution is 0.495. The lowest BCUT2D eigenvalue weighted by Gasteiger charge is -2.17. The molecule has 0 unspecified atom stereocenters. The van der Waals surface area contributed by atoms with Gasteiger partial charge in [0.15, 0.2) is 0 Å². The third kappa shape index (κ3) is 3.59. The first kappa shape index (κ1) is 18.1. The van der Waals surface area contributed by atoms with E-state index in [0.717, 1.165) is 30.8 Å². The van der Waals surface area contributed by atoms with E-state index in [0.29, 0.717) is 0 Å². The summed E-state index contributed by atoms with van der Waals surface area (Å²) in [7, 11) is -1.26. The minimum atomic E-state index is -1.26. The van der Waals surface area contributed by atoms with Crippen molar-refractivity contribution in [1.82, 2.24) is 0 Å². The number of hydrogen-bond acceptors (Lipinski definition) is 1. The van der Waals surface area contributed by atoms with Gasteiger partial charge in [-0.15, -0.1) is 0 Å². The SMILES string of the molecule is CCCc1ccc(C2=Cc3c(cccc3-c3ccc([Si](C)(C)C)cc3)C2)o1. The molecular weight excluding hydrogens is 344 g/mol. The zero-order chi connectivity index (χ0) is 19.0. The Hall–Kier alpha value is -2.32. The van der Waals surface area contributed by atoms with Crippen molar-refractivity contribution in [1.29, 1.82) is 0 Å². The van der Waals surface area contributed by atoms with Gasteiger partial charge in [-0.1, -0.05) is 74.2 Å². The van der Waals surface area contributed by atoms with Crippen LogP contribution in [-0.4, -0.2) is 8.07 Å². The number of hydrogen-bond donors (Lipinski definition) is 0. The van der Waals surface area contributed by atoms with E-state index in [4.69, 9.17) is 4.42 Å². The van der Waals surface area contributed by atoms with Crippen molar-refractivity contribution < 1.29 is 4.42 Å². The van der Waals surface area contributed by atoms with Gasteiger partial charge >= 0.3 is 0 Å². The molecule has 0 saturated heterocycles. The van der Waals surface area contributed by atoms with E-state index in [-0.39, 0.29) is 0 Å². The highest BCUT2D eigenvalue weighted by atomic mass is 28.3. The highest BCUT2D eigenvalue weighted by Crippen LogP contribution is 2.38. The third-order valence-corrected chi connectivity index (χ3v) is 7.50. The van der Waals surface area contributed by atoms with Crippen molar-refractivity contribution in [3.8, 4) is 11.1 Å². The Bertz CT molecular complexity index is 984. The molecule has 0 aliphatic heterocycles. The topological polar surface area (TPSA) is 13.1 Å². The van der Waals surface area contributed by atoms with Gasteiger partial charge in [0, 0.05) is 12.8 Å². The van der Waals surface area contributed by atoms with Crippen molar-refractivity contribution in [2.75, 3.05) is 0 Å². The second-order valence-corrected chi connectivity index (χ2v) is 13.6. The van der Waals surface area contributed by atoms with Crippen molar-refractivity contribution >= 4 is 24.9 Å². The maximum atomic E-state index is 6.07. The molecule has 3 aromatic rings. The molecule has 0 saturated carbocycles. The molecule has 1 aliphatic carbocycles. The van der Waals surface area contributed by atoms with Crippen LogP contribution in [0.4, 0.5) is 0 Å². The van der Waals surface area contributed by atoms with Gasteiger partial charge in [0.25, 0.3) is 0 Å². The molecular formula is C25H28OSi. The molecule has 0 amide bonds. The molecule has 1 aromatic heterocycles. The van der Waals surface area contributed by atoms with E-state index in [9.17, 15) is 0 Å². The van der Waals surface area contributed by atoms with Crippen molar-refractivity contribution in [2.45, 2.75) is 45.8 Å². The maximum absolute atomic E-state index is 6.07. The Labute approximate surface area is 163 Å². The average Bonchev–Trinajstić information content (AvgIpc) is 3.27. The predicted molar refractivity (Wildman–Crippen MR) is 119 cm³/mol. The molecule has 2 aromatic carbocycles. The van der Waals surface area contributed by atoms with Crippen LogP contribution in [0.5, 0.6) is 0 Å². The highest BCUT2D eigenvalue weighted by molar-refractivity contribution is 6.88.